The van der Waals surface area contributed by atoms with Crippen molar-refractivity contribution in [2.24, 2.45) is 5.73 Å². The summed E-state index contributed by atoms with van der Waals surface area (Å²) in [6, 6.07) is 3.26. The lowest BCUT2D eigenvalue weighted by Gasteiger charge is -2.05. The molecule has 0 saturated heterocycles. The Morgan fingerprint density at radius 3 is 2.53 bits per heavy atom. The van der Waals surface area contributed by atoms with Crippen LogP contribution in [0.1, 0.15) is 17.3 Å². The summed E-state index contributed by atoms with van der Waals surface area (Å²) in [7, 11) is 0. The van der Waals surface area contributed by atoms with Gasteiger partial charge >= 0.3 is 6.09 Å². The lowest BCUT2D eigenvalue weighted by atomic mass is 10.1. The van der Waals surface area contributed by atoms with Crippen molar-refractivity contribution in [3.05, 3.63) is 33.9 Å². The third kappa shape index (κ3) is 3.16. The summed E-state index contributed by atoms with van der Waals surface area (Å²) in [6.07, 6.45) is -1.20. The number of non-ortho nitro benzene ring substituents is 1. The molecule has 0 saturated carbocycles. The highest BCUT2D eigenvalue weighted by atomic mass is 17.2. The van der Waals surface area contributed by atoms with E-state index >= 15 is 0 Å². The van der Waals surface area contributed by atoms with Gasteiger partial charge in [0.25, 0.3) is 5.69 Å². The molecule has 0 aromatic heterocycles. The van der Waals surface area contributed by atoms with Gasteiger partial charge in [-0.3, -0.25) is 19.8 Å². The van der Waals surface area contributed by atoms with Gasteiger partial charge in [0.1, 0.15) is 0 Å². The summed E-state index contributed by atoms with van der Waals surface area (Å²) in [6.45, 7) is 1.19. The number of amides is 1. The molecule has 0 spiro atoms. The molecule has 0 fully saturated rings. The van der Waals surface area contributed by atoms with Gasteiger partial charge in [-0.1, -0.05) is 0 Å². The summed E-state index contributed by atoms with van der Waals surface area (Å²) < 4.78 is 0. The zero-order chi connectivity index (χ0) is 13.0. The van der Waals surface area contributed by atoms with Crippen molar-refractivity contribution in [1.82, 2.24) is 0 Å². The van der Waals surface area contributed by atoms with E-state index in [0.29, 0.717) is 0 Å². The van der Waals surface area contributed by atoms with Gasteiger partial charge in [-0.2, -0.15) is 0 Å². The van der Waals surface area contributed by atoms with Crippen LogP contribution in [0.3, 0.4) is 0 Å². The summed E-state index contributed by atoms with van der Waals surface area (Å²) in [5.74, 6) is -0.598. The number of nitro benzene ring substituents is 1. The number of Topliss-reactive ketones (excluding diaryl/α,β-unsaturated/α-hetero) is 1. The minimum atomic E-state index is -1.20. The highest BCUT2D eigenvalue weighted by Gasteiger charge is 2.16. The molecule has 17 heavy (non-hydrogen) atoms. The van der Waals surface area contributed by atoms with E-state index in [-0.39, 0.29) is 17.0 Å². The van der Waals surface area contributed by atoms with E-state index in [9.17, 15) is 19.7 Å². The van der Waals surface area contributed by atoms with Crippen molar-refractivity contribution in [3.63, 3.8) is 0 Å². The maximum atomic E-state index is 11.2. The first kappa shape index (κ1) is 12.4. The number of ketones is 1. The number of hydrogen-bond acceptors (Lipinski definition) is 6. The second-order valence-electron chi connectivity index (χ2n) is 2.98. The minimum absolute atomic E-state index is 0.0829. The molecule has 0 aliphatic carbocycles. The Morgan fingerprint density at radius 2 is 2.06 bits per heavy atom. The quantitative estimate of drug-likeness (QED) is 0.365. The fourth-order valence-electron chi connectivity index (χ4n) is 1.07. The van der Waals surface area contributed by atoms with Crippen molar-refractivity contribution < 1.29 is 24.3 Å². The summed E-state index contributed by atoms with van der Waals surface area (Å²) in [5, 5.41) is 10.5. The molecule has 90 valence electrons. The largest absolute Gasteiger partial charge is 0.447 e. The third-order valence-electron chi connectivity index (χ3n) is 1.77. The first-order valence-electron chi connectivity index (χ1n) is 4.35. The number of carbonyl (C=O) groups is 2. The van der Waals surface area contributed by atoms with Crippen LogP contribution < -0.4 is 10.6 Å². The van der Waals surface area contributed by atoms with Crippen LogP contribution in [-0.2, 0) is 4.89 Å². The Balaban J connectivity index is 3.08. The molecule has 0 bridgehead atoms. The summed E-state index contributed by atoms with van der Waals surface area (Å²) >= 11 is 0. The van der Waals surface area contributed by atoms with Crippen molar-refractivity contribution >= 4 is 17.6 Å². The van der Waals surface area contributed by atoms with E-state index < -0.39 is 16.8 Å². The van der Waals surface area contributed by atoms with Crippen LogP contribution >= 0.6 is 0 Å². The van der Waals surface area contributed by atoms with Crippen LogP contribution in [0, 0.1) is 10.1 Å². The lowest BCUT2D eigenvalue weighted by molar-refractivity contribution is -0.384. The molecule has 2 N–H and O–H groups in total. The average Bonchev–Trinajstić information content (AvgIpc) is 2.25. The van der Waals surface area contributed by atoms with Crippen LogP contribution in [0.15, 0.2) is 18.2 Å². The number of nitrogens with two attached hydrogens (primary N) is 1. The Labute approximate surface area is 95.0 Å². The van der Waals surface area contributed by atoms with Crippen molar-refractivity contribution in [2.45, 2.75) is 6.92 Å². The van der Waals surface area contributed by atoms with Gasteiger partial charge in [0.05, 0.1) is 10.5 Å². The topological polar surface area (TPSA) is 122 Å². The number of benzene rings is 1. The number of nitro groups is 1. The van der Waals surface area contributed by atoms with E-state index in [4.69, 9.17) is 0 Å². The molecule has 0 atom stereocenters. The molecule has 1 amide bonds. The van der Waals surface area contributed by atoms with Gasteiger partial charge < -0.3 is 5.73 Å². The van der Waals surface area contributed by atoms with E-state index in [2.05, 4.69) is 15.5 Å². The highest BCUT2D eigenvalue weighted by Crippen LogP contribution is 2.24. The van der Waals surface area contributed by atoms with Gasteiger partial charge in [-0.05, 0) is 13.0 Å². The molecule has 8 nitrogen and oxygen atoms in total. The van der Waals surface area contributed by atoms with E-state index in [0.717, 1.165) is 18.2 Å². The zero-order valence-corrected chi connectivity index (χ0v) is 8.71. The van der Waals surface area contributed by atoms with Crippen LogP contribution in [0.25, 0.3) is 0 Å². The van der Waals surface area contributed by atoms with Crippen molar-refractivity contribution in [2.75, 3.05) is 0 Å². The minimum Gasteiger partial charge on any atom is -0.332 e. The van der Waals surface area contributed by atoms with E-state index in [1.165, 1.54) is 6.92 Å². The maximum absolute atomic E-state index is 11.2. The fourth-order valence-corrected chi connectivity index (χ4v) is 1.07. The van der Waals surface area contributed by atoms with Crippen LogP contribution in [-0.4, -0.2) is 16.8 Å². The fraction of sp³-hybridized carbons (Fsp3) is 0.111. The molecule has 1 rings (SSSR count). The molecular weight excluding hydrogens is 232 g/mol. The SMILES string of the molecule is CC(=O)c1cc([N+](=O)[O-])ccc1OOC(N)=O. The second kappa shape index (κ2) is 4.92. The molecule has 0 unspecified atom stereocenters. The molecule has 1 aromatic rings. The van der Waals surface area contributed by atoms with Crippen LogP contribution in [0.2, 0.25) is 0 Å². The first-order chi connectivity index (χ1) is 7.91. The number of primary amides is 1. The predicted molar refractivity (Wildman–Crippen MR) is 54.4 cm³/mol. The molecular formula is C9H8N2O6. The third-order valence-corrected chi connectivity index (χ3v) is 1.77. The first-order valence-corrected chi connectivity index (χ1v) is 4.35. The van der Waals surface area contributed by atoms with Gasteiger partial charge in [0.15, 0.2) is 11.5 Å². The second-order valence-corrected chi connectivity index (χ2v) is 2.98. The molecule has 0 aliphatic rings. The van der Waals surface area contributed by atoms with Crippen molar-refractivity contribution in [1.29, 1.82) is 0 Å². The number of rotatable bonds is 4. The number of carbonyl (C=O) groups excluding carboxylic acids is 2. The summed E-state index contributed by atoms with van der Waals surface area (Å²) in [4.78, 5) is 39.9. The Kier molecular flexibility index (Phi) is 3.60. The Hall–Kier alpha value is -2.64. The number of nitrogens with zero attached hydrogens (tertiary/aromatic N) is 1. The number of hydrogen-bond donors (Lipinski definition) is 1. The lowest BCUT2D eigenvalue weighted by Crippen LogP contribution is -2.16. The molecule has 0 aliphatic heterocycles. The standard InChI is InChI=1S/C9H8N2O6/c1-5(12)7-4-6(11(14)15)2-3-8(7)16-17-9(10)13/h2-4H,1H3,(H2,10,13). The van der Waals surface area contributed by atoms with Crippen molar-refractivity contribution in [3.8, 4) is 5.75 Å². The van der Waals surface area contributed by atoms with E-state index in [1.54, 1.807) is 0 Å². The van der Waals surface area contributed by atoms with Crippen LogP contribution in [0.5, 0.6) is 5.75 Å². The van der Waals surface area contributed by atoms with E-state index in [1.807, 2.05) is 0 Å². The van der Waals surface area contributed by atoms with Gasteiger partial charge in [0, 0.05) is 12.1 Å². The molecule has 0 radical (unpaired) electrons. The normalized spacial score (nSPS) is 9.47. The summed E-state index contributed by atoms with van der Waals surface area (Å²) in [5.41, 5.74) is 4.31. The predicted octanol–water partition coefficient (Wildman–Crippen LogP) is 1.19. The van der Waals surface area contributed by atoms with Crippen LogP contribution in [0.4, 0.5) is 10.5 Å². The molecule has 1 aromatic carbocycles. The average molecular weight is 240 g/mol. The monoisotopic (exact) mass is 240 g/mol. The zero-order valence-electron chi connectivity index (χ0n) is 8.71. The highest BCUT2D eigenvalue weighted by molar-refractivity contribution is 5.97. The molecule has 0 heterocycles. The van der Waals surface area contributed by atoms with Gasteiger partial charge in [-0.15, -0.1) is 0 Å². The smallest absolute Gasteiger partial charge is 0.332 e. The molecule has 8 heteroatoms. The Bertz CT molecular complexity index is 484. The van der Waals surface area contributed by atoms with Gasteiger partial charge in [0.2, 0.25) is 0 Å². The Morgan fingerprint density at radius 1 is 1.41 bits per heavy atom. The maximum Gasteiger partial charge on any atom is 0.447 e. The van der Waals surface area contributed by atoms with Gasteiger partial charge in [-0.25, -0.2) is 9.68 Å².